The van der Waals surface area contributed by atoms with Crippen molar-refractivity contribution >= 4 is 86.8 Å². The number of ether oxygens (including phenoxy) is 4. The second-order valence-corrected chi connectivity index (χ2v) is 21.3. The van der Waals surface area contributed by atoms with Crippen molar-refractivity contribution in [1.82, 2.24) is 50.0 Å². The first-order chi connectivity index (χ1) is 40.7. The molecule has 5 heterocycles. The van der Waals surface area contributed by atoms with E-state index in [1.54, 1.807) is 42.3 Å². The molecule has 0 spiro atoms. The minimum Gasteiger partial charge on any atom is -0.494 e. The van der Waals surface area contributed by atoms with Crippen LogP contribution in [0.2, 0.25) is 0 Å². The van der Waals surface area contributed by atoms with Gasteiger partial charge in [-0.3, -0.25) is 39.0 Å². The topological polar surface area (TPSA) is 297 Å². The summed E-state index contributed by atoms with van der Waals surface area (Å²) >= 11 is 1.48. The SMILES string of the molecule is C=CC(=O)Nc1cc(Nc2nccc(-c3cn(C)c4ccccc34)n2)c(OC)cc1N(C)CCN(C)Cc1cn(CCOCCOCCOCCNC(=O)C(CSCCN)CC(=O)Nc2cccc3c2CN(C2CCC(=O)NC2=O)C3=O)nn1. The number of aryl methyl sites for hydroxylation is 1. The van der Waals surface area contributed by atoms with Crippen LogP contribution in [0.15, 0.2) is 91.9 Å². The predicted octanol–water partition coefficient (Wildman–Crippen LogP) is 3.94. The highest BCUT2D eigenvalue weighted by Gasteiger charge is 2.40. The van der Waals surface area contributed by atoms with Crippen molar-refractivity contribution in [3.05, 3.63) is 109 Å². The fourth-order valence-corrected chi connectivity index (χ4v) is 10.6. The van der Waals surface area contributed by atoms with E-state index >= 15 is 0 Å². The maximum atomic E-state index is 13.4. The molecule has 3 aromatic heterocycles. The summed E-state index contributed by atoms with van der Waals surface area (Å²) in [5.74, 6) is -1.07. The number of piperidine rings is 1. The van der Waals surface area contributed by atoms with E-state index in [2.05, 4.69) is 70.1 Å². The Morgan fingerprint density at radius 1 is 0.929 bits per heavy atom. The van der Waals surface area contributed by atoms with E-state index in [-0.39, 0.29) is 62.6 Å². The minimum atomic E-state index is -0.786. The maximum absolute atomic E-state index is 13.4. The third-order valence-corrected chi connectivity index (χ3v) is 15.2. The number of nitrogens with zero attached hydrogens (tertiary/aromatic N) is 9. The first kappa shape index (κ1) is 61.8. The van der Waals surface area contributed by atoms with Crippen molar-refractivity contribution in [2.45, 2.75) is 44.9 Å². The molecule has 446 valence electrons. The molecule has 25 nitrogen and oxygen atoms in total. The van der Waals surface area contributed by atoms with E-state index in [0.29, 0.717) is 117 Å². The van der Waals surface area contributed by atoms with E-state index in [1.165, 1.54) is 22.7 Å². The van der Waals surface area contributed by atoms with Crippen LogP contribution in [0.25, 0.3) is 22.2 Å². The molecule has 84 heavy (non-hydrogen) atoms. The second kappa shape index (κ2) is 30.3. The molecule has 0 radical (unpaired) electrons. The average Bonchev–Trinajstić information content (AvgIpc) is 3.43. The molecule has 0 bridgehead atoms. The van der Waals surface area contributed by atoms with Gasteiger partial charge in [-0.25, -0.2) is 14.6 Å². The number of imide groups is 1. The fourth-order valence-electron chi connectivity index (χ4n) is 9.74. The van der Waals surface area contributed by atoms with Crippen molar-refractivity contribution in [1.29, 1.82) is 0 Å². The number of nitrogens with two attached hydrogens (primary N) is 1. The van der Waals surface area contributed by atoms with Crippen LogP contribution in [0, 0.1) is 5.92 Å². The van der Waals surface area contributed by atoms with Crippen molar-refractivity contribution in [3.63, 3.8) is 0 Å². The fraction of sp³-hybridized carbons (Fsp3) is 0.414. The summed E-state index contributed by atoms with van der Waals surface area (Å²) in [6.07, 6.45) is 7.12. The van der Waals surface area contributed by atoms with Crippen molar-refractivity contribution < 1.29 is 47.7 Å². The molecule has 8 rings (SSSR count). The van der Waals surface area contributed by atoms with Crippen LogP contribution in [0.4, 0.5) is 28.7 Å². The number of fused-ring (bicyclic) bond motifs is 2. The molecule has 6 amide bonds. The standard InChI is InChI=1S/C58H73N15O10S/c1-6-52(74)63-46-31-47(65-58-61-18-16-45(64-58)42-35-71(4)48-13-8-7-10-40(42)48)51(80-5)32-50(46)70(3)21-20-69(2)33-39-34-72(68-67-39)22-24-82-26-28-83-27-25-81-23-19-60-55(77)38(37-84-29-17-59)30-54(76)62-44-12-9-11-41-43(44)36-73(57(41)79)49-14-15-53(75)66-56(49)78/h6-13,16,18,31-32,34-35,38,49H,1,14-15,17,19-30,33,36-37,59H2,2-5H3,(H,60,77)(H,62,76)(H,63,74)(H,61,64,65)(H,66,75,78). The lowest BCUT2D eigenvalue weighted by atomic mass is 10.0. The summed E-state index contributed by atoms with van der Waals surface area (Å²) in [7, 11) is 7.53. The molecule has 0 saturated carbocycles. The van der Waals surface area contributed by atoms with E-state index in [1.807, 2.05) is 62.7 Å². The third kappa shape index (κ3) is 16.5. The largest absolute Gasteiger partial charge is 0.494 e. The first-order valence-electron chi connectivity index (χ1n) is 27.7. The number of nitrogens with one attached hydrogen (secondary N) is 5. The zero-order valence-corrected chi connectivity index (χ0v) is 48.6. The highest BCUT2D eigenvalue weighted by atomic mass is 32.2. The highest BCUT2D eigenvalue weighted by molar-refractivity contribution is 7.99. The molecule has 1 saturated heterocycles. The van der Waals surface area contributed by atoms with Gasteiger partial charge in [0.15, 0.2) is 0 Å². The van der Waals surface area contributed by atoms with Gasteiger partial charge in [-0.2, -0.15) is 11.8 Å². The first-order valence-corrected chi connectivity index (χ1v) is 28.8. The van der Waals surface area contributed by atoms with E-state index < -0.39 is 23.8 Å². The Hall–Kier alpha value is -8.27. The van der Waals surface area contributed by atoms with Crippen LogP contribution in [0.5, 0.6) is 5.75 Å². The van der Waals surface area contributed by atoms with Crippen LogP contribution in [0.1, 0.15) is 40.9 Å². The van der Waals surface area contributed by atoms with Crippen molar-refractivity contribution in [2.24, 2.45) is 18.7 Å². The number of anilines is 5. The Labute approximate surface area is 491 Å². The predicted molar refractivity (Wildman–Crippen MR) is 320 cm³/mol. The lowest BCUT2D eigenvalue weighted by Crippen LogP contribution is -2.52. The molecule has 1 fully saturated rings. The van der Waals surface area contributed by atoms with Gasteiger partial charge in [0, 0.05) is 136 Å². The molecule has 2 atom stereocenters. The number of benzene rings is 3. The lowest BCUT2D eigenvalue weighted by Gasteiger charge is -2.29. The number of hydrogen-bond acceptors (Lipinski definition) is 19. The summed E-state index contributed by atoms with van der Waals surface area (Å²) in [6, 6.07) is 17.9. The summed E-state index contributed by atoms with van der Waals surface area (Å²) in [5.41, 5.74) is 12.5. The summed E-state index contributed by atoms with van der Waals surface area (Å²) in [5, 5.41) is 24.0. The highest BCUT2D eigenvalue weighted by Crippen LogP contribution is 2.39. The van der Waals surface area contributed by atoms with Gasteiger partial charge in [-0.05, 0) is 49.9 Å². The van der Waals surface area contributed by atoms with Crippen LogP contribution in [0.3, 0.4) is 0 Å². The number of aromatic nitrogens is 6. The van der Waals surface area contributed by atoms with Gasteiger partial charge in [0.1, 0.15) is 11.8 Å². The Balaban J connectivity index is 0.701. The molecule has 2 aliphatic heterocycles. The summed E-state index contributed by atoms with van der Waals surface area (Å²) < 4.78 is 26.7. The number of para-hydroxylation sites is 1. The summed E-state index contributed by atoms with van der Waals surface area (Å²) in [4.78, 5) is 91.7. The molecule has 3 aromatic carbocycles. The Kier molecular flexibility index (Phi) is 22.3. The summed E-state index contributed by atoms with van der Waals surface area (Å²) in [6.45, 7) is 8.72. The molecule has 6 aromatic rings. The number of hydrogen-bond donors (Lipinski definition) is 6. The molecule has 7 N–H and O–H groups in total. The third-order valence-electron chi connectivity index (χ3n) is 14.1. The zero-order valence-electron chi connectivity index (χ0n) is 47.8. The van der Waals surface area contributed by atoms with Crippen LogP contribution in [-0.4, -0.2) is 179 Å². The number of rotatable bonds is 33. The Morgan fingerprint density at radius 3 is 2.49 bits per heavy atom. The minimum absolute atomic E-state index is 0.101. The smallest absolute Gasteiger partial charge is 0.255 e. The van der Waals surface area contributed by atoms with Gasteiger partial charge in [0.05, 0.1) is 87.7 Å². The quantitative estimate of drug-likeness (QED) is 0.0193. The van der Waals surface area contributed by atoms with Gasteiger partial charge in [0.2, 0.25) is 35.5 Å². The maximum Gasteiger partial charge on any atom is 0.255 e. The number of thioether (sulfide) groups is 1. The lowest BCUT2D eigenvalue weighted by molar-refractivity contribution is -0.137. The van der Waals surface area contributed by atoms with Gasteiger partial charge in [0.25, 0.3) is 5.91 Å². The number of carbonyl (C=O) groups excluding carboxylic acids is 6. The Morgan fingerprint density at radius 2 is 1.71 bits per heavy atom. The molecule has 2 aliphatic rings. The van der Waals surface area contributed by atoms with E-state index in [4.69, 9.17) is 29.7 Å². The number of amides is 6. The van der Waals surface area contributed by atoms with Crippen LogP contribution >= 0.6 is 11.8 Å². The molecular weight excluding hydrogens is 1100 g/mol. The second-order valence-electron chi connectivity index (χ2n) is 20.1. The molecular formula is C58H73N15O10S. The van der Waals surface area contributed by atoms with E-state index in [0.717, 1.165) is 33.5 Å². The van der Waals surface area contributed by atoms with Gasteiger partial charge < -0.3 is 60.3 Å². The van der Waals surface area contributed by atoms with Crippen LogP contribution < -0.4 is 42.0 Å². The average molecular weight is 1170 g/mol. The zero-order chi connectivity index (χ0) is 59.5. The number of likely N-dealkylation sites (N-methyl/N-ethyl adjacent to an activating group) is 2. The van der Waals surface area contributed by atoms with Gasteiger partial charge in [-0.1, -0.05) is 36.1 Å². The van der Waals surface area contributed by atoms with Crippen molar-refractivity contribution in [3.8, 4) is 17.0 Å². The van der Waals surface area contributed by atoms with Gasteiger partial charge >= 0.3 is 0 Å². The van der Waals surface area contributed by atoms with Crippen molar-refractivity contribution in [2.75, 3.05) is 119 Å². The molecule has 26 heteroatoms. The van der Waals surface area contributed by atoms with Gasteiger partial charge in [-0.15, -0.1) is 5.10 Å². The monoisotopic (exact) mass is 1170 g/mol. The number of carbonyl (C=O) groups is 6. The van der Waals surface area contributed by atoms with E-state index in [9.17, 15) is 28.8 Å². The Bertz CT molecular complexity index is 3300. The number of methoxy groups -OCH3 is 1. The van der Waals surface area contributed by atoms with Crippen LogP contribution in [-0.2, 0) is 64.9 Å². The molecule has 2 unspecified atom stereocenters. The molecule has 0 aliphatic carbocycles. The normalized spacial score (nSPS) is 14.3.